The molecular formula is C13H16FN3OS. The lowest BCUT2D eigenvalue weighted by Crippen LogP contribution is -2.21. The predicted octanol–water partition coefficient (Wildman–Crippen LogP) is 2.78. The van der Waals surface area contributed by atoms with Crippen molar-refractivity contribution >= 4 is 11.8 Å². The van der Waals surface area contributed by atoms with Gasteiger partial charge in [-0.05, 0) is 18.6 Å². The Bertz CT molecular complexity index is 532. The summed E-state index contributed by atoms with van der Waals surface area (Å²) in [7, 11) is 0. The van der Waals surface area contributed by atoms with Crippen molar-refractivity contribution in [3.05, 3.63) is 41.8 Å². The first-order valence-electron chi connectivity index (χ1n) is 6.13. The molecule has 0 fully saturated rings. The molecule has 0 saturated heterocycles. The van der Waals surface area contributed by atoms with Gasteiger partial charge in [0.15, 0.2) is 5.82 Å². The molecule has 2 N–H and O–H groups in total. The van der Waals surface area contributed by atoms with E-state index in [2.05, 4.69) is 10.1 Å². The Labute approximate surface area is 115 Å². The van der Waals surface area contributed by atoms with Gasteiger partial charge >= 0.3 is 0 Å². The van der Waals surface area contributed by atoms with Crippen molar-refractivity contribution in [1.29, 1.82) is 0 Å². The van der Waals surface area contributed by atoms with Crippen molar-refractivity contribution in [3.63, 3.8) is 0 Å². The molecule has 1 unspecified atom stereocenters. The lowest BCUT2D eigenvalue weighted by molar-refractivity contribution is 0.364. The zero-order valence-corrected chi connectivity index (χ0v) is 11.5. The molecule has 102 valence electrons. The number of rotatable bonds is 6. The molecule has 0 radical (unpaired) electrons. The van der Waals surface area contributed by atoms with Crippen molar-refractivity contribution in [3.8, 4) is 0 Å². The molecule has 2 aromatic rings. The molecule has 19 heavy (non-hydrogen) atoms. The third kappa shape index (κ3) is 4.04. The maximum atomic E-state index is 13.4. The van der Waals surface area contributed by atoms with Gasteiger partial charge in [-0.25, -0.2) is 4.39 Å². The first-order valence-corrected chi connectivity index (χ1v) is 7.12. The molecule has 0 spiro atoms. The molecule has 2 rings (SSSR count). The summed E-state index contributed by atoms with van der Waals surface area (Å²) in [6.45, 7) is 2.01. The Morgan fingerprint density at radius 3 is 2.95 bits per heavy atom. The summed E-state index contributed by atoms with van der Waals surface area (Å²) in [4.78, 5) is 4.82. The van der Waals surface area contributed by atoms with E-state index in [1.807, 2.05) is 6.92 Å². The number of thioether (sulfide) groups is 1. The molecule has 1 aromatic carbocycles. The van der Waals surface area contributed by atoms with Gasteiger partial charge in [-0.3, -0.25) is 0 Å². The zero-order valence-electron chi connectivity index (χ0n) is 10.7. The summed E-state index contributed by atoms with van der Waals surface area (Å²) >= 11 is 1.35. The van der Waals surface area contributed by atoms with Crippen LogP contribution in [0.15, 0.2) is 33.7 Å². The Morgan fingerprint density at radius 1 is 1.42 bits per heavy atom. The van der Waals surface area contributed by atoms with Crippen LogP contribution in [-0.2, 0) is 12.2 Å². The van der Waals surface area contributed by atoms with Gasteiger partial charge in [-0.1, -0.05) is 24.2 Å². The van der Waals surface area contributed by atoms with E-state index < -0.39 is 0 Å². The third-order valence-corrected chi connectivity index (χ3v) is 3.71. The summed E-state index contributed by atoms with van der Waals surface area (Å²) < 4.78 is 18.5. The minimum atomic E-state index is -0.232. The van der Waals surface area contributed by atoms with Crippen molar-refractivity contribution in [2.75, 3.05) is 0 Å². The SMILES string of the molecule is CCC(N)Cc1nc(CSc2ccccc2F)no1. The molecular weight excluding hydrogens is 265 g/mol. The Balaban J connectivity index is 1.92. The third-order valence-electron chi connectivity index (χ3n) is 2.66. The fourth-order valence-corrected chi connectivity index (χ4v) is 2.29. The zero-order chi connectivity index (χ0) is 13.7. The van der Waals surface area contributed by atoms with Crippen molar-refractivity contribution in [2.45, 2.75) is 36.5 Å². The van der Waals surface area contributed by atoms with E-state index in [9.17, 15) is 4.39 Å². The molecule has 0 bridgehead atoms. The van der Waals surface area contributed by atoms with Crippen LogP contribution in [0.25, 0.3) is 0 Å². The highest BCUT2D eigenvalue weighted by molar-refractivity contribution is 7.98. The summed E-state index contributed by atoms with van der Waals surface area (Å²) in [5.41, 5.74) is 5.82. The summed E-state index contributed by atoms with van der Waals surface area (Å²) in [6, 6.07) is 6.66. The normalized spacial score (nSPS) is 12.6. The molecule has 6 heteroatoms. The molecule has 0 amide bonds. The summed E-state index contributed by atoms with van der Waals surface area (Å²) in [5.74, 6) is 1.35. The Morgan fingerprint density at radius 2 is 2.21 bits per heavy atom. The van der Waals surface area contributed by atoms with Crippen LogP contribution >= 0.6 is 11.8 Å². The Hall–Kier alpha value is -1.40. The minimum Gasteiger partial charge on any atom is -0.339 e. The number of benzene rings is 1. The van der Waals surface area contributed by atoms with Gasteiger partial charge in [-0.2, -0.15) is 4.98 Å². The minimum absolute atomic E-state index is 0.0347. The van der Waals surface area contributed by atoms with Crippen LogP contribution in [0.1, 0.15) is 25.1 Å². The fraction of sp³-hybridized carbons (Fsp3) is 0.385. The van der Waals surface area contributed by atoms with E-state index in [1.165, 1.54) is 17.8 Å². The number of nitrogens with two attached hydrogens (primary N) is 1. The summed E-state index contributed by atoms with van der Waals surface area (Å²) in [5, 5.41) is 3.86. The average Bonchev–Trinajstić information content (AvgIpc) is 2.85. The van der Waals surface area contributed by atoms with Crippen LogP contribution in [0, 0.1) is 5.82 Å². The van der Waals surface area contributed by atoms with Crippen LogP contribution in [0.4, 0.5) is 4.39 Å². The molecule has 1 aromatic heterocycles. The van der Waals surface area contributed by atoms with Gasteiger partial charge in [0.05, 0.1) is 5.75 Å². The quantitative estimate of drug-likeness (QED) is 0.825. The van der Waals surface area contributed by atoms with Crippen LogP contribution < -0.4 is 5.73 Å². The fourth-order valence-electron chi connectivity index (χ4n) is 1.50. The molecule has 0 saturated carbocycles. The molecule has 0 aliphatic rings. The van der Waals surface area contributed by atoms with E-state index in [4.69, 9.17) is 10.3 Å². The molecule has 1 atom stereocenters. The molecule has 4 nitrogen and oxygen atoms in total. The van der Waals surface area contributed by atoms with Gasteiger partial charge in [-0.15, -0.1) is 11.8 Å². The number of hydrogen-bond acceptors (Lipinski definition) is 5. The first kappa shape index (κ1) is 14.0. The van der Waals surface area contributed by atoms with Crippen molar-refractivity contribution in [1.82, 2.24) is 10.1 Å². The highest BCUT2D eigenvalue weighted by atomic mass is 32.2. The standard InChI is InChI=1S/C13H16FN3OS/c1-2-9(15)7-13-16-12(17-18-13)8-19-11-6-4-3-5-10(11)14/h3-6,9H,2,7-8,15H2,1H3. The van der Waals surface area contributed by atoms with Crippen LogP contribution in [0.3, 0.4) is 0 Å². The van der Waals surface area contributed by atoms with Crippen LogP contribution in [0.5, 0.6) is 0 Å². The largest absolute Gasteiger partial charge is 0.339 e. The first-order chi connectivity index (χ1) is 9.19. The smallest absolute Gasteiger partial charge is 0.228 e. The number of halogens is 1. The van der Waals surface area contributed by atoms with Gasteiger partial charge in [0.2, 0.25) is 5.89 Å². The van der Waals surface area contributed by atoms with Crippen molar-refractivity contribution < 1.29 is 8.91 Å². The van der Waals surface area contributed by atoms with Gasteiger partial charge < -0.3 is 10.3 Å². The van der Waals surface area contributed by atoms with E-state index in [0.29, 0.717) is 28.8 Å². The summed E-state index contributed by atoms with van der Waals surface area (Å²) in [6.07, 6.45) is 1.44. The van der Waals surface area contributed by atoms with Crippen molar-refractivity contribution in [2.24, 2.45) is 5.73 Å². The van der Waals surface area contributed by atoms with Gasteiger partial charge in [0, 0.05) is 17.4 Å². The lowest BCUT2D eigenvalue weighted by atomic mass is 10.2. The van der Waals surface area contributed by atoms with Crippen LogP contribution in [0.2, 0.25) is 0 Å². The second kappa shape index (κ2) is 6.68. The van der Waals surface area contributed by atoms with E-state index >= 15 is 0 Å². The predicted molar refractivity (Wildman–Crippen MR) is 72.2 cm³/mol. The topological polar surface area (TPSA) is 64.9 Å². The van der Waals surface area contributed by atoms with E-state index in [0.717, 1.165) is 6.42 Å². The van der Waals surface area contributed by atoms with E-state index in [-0.39, 0.29) is 11.9 Å². The number of aromatic nitrogens is 2. The second-order valence-corrected chi connectivity index (χ2v) is 5.21. The number of nitrogens with zero attached hydrogens (tertiary/aromatic N) is 2. The lowest BCUT2D eigenvalue weighted by Gasteiger charge is -2.02. The average molecular weight is 281 g/mol. The highest BCUT2D eigenvalue weighted by Crippen LogP contribution is 2.24. The van der Waals surface area contributed by atoms with Crippen LogP contribution in [-0.4, -0.2) is 16.2 Å². The second-order valence-electron chi connectivity index (χ2n) is 4.20. The van der Waals surface area contributed by atoms with Gasteiger partial charge in [0.25, 0.3) is 0 Å². The molecule has 0 aliphatic carbocycles. The van der Waals surface area contributed by atoms with E-state index in [1.54, 1.807) is 18.2 Å². The maximum absolute atomic E-state index is 13.4. The molecule has 0 aliphatic heterocycles. The maximum Gasteiger partial charge on any atom is 0.228 e. The number of hydrogen-bond donors (Lipinski definition) is 1. The van der Waals surface area contributed by atoms with Gasteiger partial charge in [0.1, 0.15) is 5.82 Å². The highest BCUT2D eigenvalue weighted by Gasteiger charge is 2.11. The molecule has 1 heterocycles. The Kier molecular flexibility index (Phi) is 4.93. The monoisotopic (exact) mass is 281 g/mol.